The number of hydrogen-bond acceptors (Lipinski definition) is 4. The predicted octanol–water partition coefficient (Wildman–Crippen LogP) is 3.34. The monoisotopic (exact) mass is 393 g/mol. The maximum atomic E-state index is 12.6. The zero-order chi connectivity index (χ0) is 19.6. The molecule has 0 amide bonds. The number of para-hydroxylation sites is 1. The van der Waals surface area contributed by atoms with Gasteiger partial charge in [-0.2, -0.15) is 8.78 Å². The van der Waals surface area contributed by atoms with Crippen LogP contribution in [0.25, 0.3) is 0 Å². The third kappa shape index (κ3) is 6.53. The molecule has 0 spiro atoms. The van der Waals surface area contributed by atoms with Gasteiger partial charge in [0.15, 0.2) is 5.96 Å². The lowest BCUT2D eigenvalue weighted by Gasteiger charge is -2.16. The van der Waals surface area contributed by atoms with Crippen molar-refractivity contribution in [2.75, 3.05) is 19.7 Å². The van der Waals surface area contributed by atoms with Crippen LogP contribution in [0.15, 0.2) is 52.1 Å². The van der Waals surface area contributed by atoms with E-state index in [9.17, 15) is 8.78 Å². The number of aliphatic imine (C=N–C) groups is 1. The number of nitrogens with zero attached hydrogens (tertiary/aromatic N) is 1. The number of rotatable bonds is 9. The van der Waals surface area contributed by atoms with E-state index in [1.54, 1.807) is 24.5 Å². The lowest BCUT2D eigenvalue weighted by Crippen LogP contribution is -2.41. The second-order valence-electron chi connectivity index (χ2n) is 6.42. The van der Waals surface area contributed by atoms with Crippen molar-refractivity contribution in [2.45, 2.75) is 38.5 Å². The van der Waals surface area contributed by atoms with Crippen LogP contribution in [0.4, 0.5) is 8.78 Å². The van der Waals surface area contributed by atoms with Crippen molar-refractivity contribution >= 4 is 5.96 Å². The van der Waals surface area contributed by atoms with Gasteiger partial charge in [0.2, 0.25) is 0 Å². The molecular formula is C20H25F2N3O3. The zero-order valence-electron chi connectivity index (χ0n) is 15.6. The molecule has 2 N–H and O–H groups in total. The van der Waals surface area contributed by atoms with E-state index in [4.69, 9.17) is 9.15 Å². The maximum absolute atomic E-state index is 12.6. The minimum Gasteiger partial charge on any atom is -0.469 e. The molecule has 2 aromatic rings. The summed E-state index contributed by atoms with van der Waals surface area (Å²) in [5.74, 6) is 1.60. The van der Waals surface area contributed by atoms with Gasteiger partial charge in [0.25, 0.3) is 0 Å². The summed E-state index contributed by atoms with van der Waals surface area (Å²) < 4.78 is 40.7. The minimum absolute atomic E-state index is 0.135. The van der Waals surface area contributed by atoms with Gasteiger partial charge in [0.1, 0.15) is 11.5 Å². The van der Waals surface area contributed by atoms with Gasteiger partial charge in [0, 0.05) is 31.7 Å². The first kappa shape index (κ1) is 20.1. The molecule has 1 unspecified atom stereocenters. The van der Waals surface area contributed by atoms with Crippen LogP contribution >= 0.6 is 0 Å². The highest BCUT2D eigenvalue weighted by molar-refractivity contribution is 5.79. The summed E-state index contributed by atoms with van der Waals surface area (Å²) in [6.45, 7) is -0.608. The first-order valence-electron chi connectivity index (χ1n) is 9.39. The Hall–Kier alpha value is -2.61. The maximum Gasteiger partial charge on any atom is 0.387 e. The third-order valence-electron chi connectivity index (χ3n) is 4.36. The van der Waals surface area contributed by atoms with Crippen LogP contribution in [0, 0.1) is 0 Å². The van der Waals surface area contributed by atoms with Crippen molar-refractivity contribution in [3.8, 4) is 5.75 Å². The van der Waals surface area contributed by atoms with Crippen molar-refractivity contribution in [1.29, 1.82) is 0 Å². The Morgan fingerprint density at radius 1 is 1.21 bits per heavy atom. The van der Waals surface area contributed by atoms with Gasteiger partial charge >= 0.3 is 6.61 Å². The van der Waals surface area contributed by atoms with E-state index in [0.717, 1.165) is 25.2 Å². The largest absolute Gasteiger partial charge is 0.469 e. The number of furan rings is 1. The van der Waals surface area contributed by atoms with E-state index >= 15 is 0 Å². The van der Waals surface area contributed by atoms with Crippen LogP contribution in [-0.2, 0) is 17.7 Å². The van der Waals surface area contributed by atoms with Crippen LogP contribution in [0.2, 0.25) is 0 Å². The standard InChI is InChI=1S/C20H25F2N3O3/c21-19(22)28-18-8-2-1-5-15(18)13-24-20(25-14-17-7-4-12-27-17)23-10-9-16-6-3-11-26-16/h1-3,5-6,8,11,17,19H,4,7,9-10,12-14H2,(H2,23,24,25). The van der Waals surface area contributed by atoms with Crippen molar-refractivity contribution < 1.29 is 22.7 Å². The third-order valence-corrected chi connectivity index (χ3v) is 4.36. The molecule has 6 nitrogen and oxygen atoms in total. The Morgan fingerprint density at radius 2 is 2.11 bits per heavy atom. The van der Waals surface area contributed by atoms with Crippen LogP contribution in [0.1, 0.15) is 24.2 Å². The van der Waals surface area contributed by atoms with Gasteiger partial charge in [-0.15, -0.1) is 0 Å². The molecule has 1 atom stereocenters. The first-order valence-corrected chi connectivity index (χ1v) is 9.39. The summed E-state index contributed by atoms with van der Waals surface area (Å²) in [6, 6.07) is 10.4. The smallest absolute Gasteiger partial charge is 0.387 e. The summed E-state index contributed by atoms with van der Waals surface area (Å²) in [7, 11) is 0. The fourth-order valence-corrected chi connectivity index (χ4v) is 2.96. The molecule has 8 heteroatoms. The summed E-state index contributed by atoms with van der Waals surface area (Å²) in [5.41, 5.74) is 0.590. The fourth-order valence-electron chi connectivity index (χ4n) is 2.96. The van der Waals surface area contributed by atoms with Gasteiger partial charge < -0.3 is 24.5 Å². The van der Waals surface area contributed by atoms with Crippen LogP contribution in [0.3, 0.4) is 0 Å². The van der Waals surface area contributed by atoms with E-state index in [2.05, 4.69) is 20.4 Å². The number of nitrogens with one attached hydrogen (secondary N) is 2. The van der Waals surface area contributed by atoms with Crippen molar-refractivity contribution in [3.05, 3.63) is 54.0 Å². The van der Waals surface area contributed by atoms with E-state index in [-0.39, 0.29) is 18.4 Å². The first-order chi connectivity index (χ1) is 13.7. The van der Waals surface area contributed by atoms with Crippen molar-refractivity contribution in [3.63, 3.8) is 0 Å². The lowest BCUT2D eigenvalue weighted by atomic mass is 10.2. The average Bonchev–Trinajstić information content (AvgIpc) is 3.38. The van der Waals surface area contributed by atoms with Crippen molar-refractivity contribution in [2.24, 2.45) is 4.99 Å². The number of guanidine groups is 1. The topological polar surface area (TPSA) is 68.0 Å². The summed E-state index contributed by atoms with van der Waals surface area (Å²) in [4.78, 5) is 4.53. The molecule has 0 bridgehead atoms. The summed E-state index contributed by atoms with van der Waals surface area (Å²) in [6.07, 6.45) is 4.57. The second-order valence-corrected chi connectivity index (χ2v) is 6.42. The highest BCUT2D eigenvalue weighted by Gasteiger charge is 2.16. The van der Waals surface area contributed by atoms with E-state index in [0.29, 0.717) is 31.0 Å². The van der Waals surface area contributed by atoms with Crippen LogP contribution in [-0.4, -0.2) is 38.4 Å². The Morgan fingerprint density at radius 3 is 2.86 bits per heavy atom. The van der Waals surface area contributed by atoms with Gasteiger partial charge in [-0.05, 0) is 31.0 Å². The lowest BCUT2D eigenvalue weighted by molar-refractivity contribution is -0.0504. The predicted molar refractivity (Wildman–Crippen MR) is 102 cm³/mol. The normalized spacial score (nSPS) is 17.1. The van der Waals surface area contributed by atoms with E-state index < -0.39 is 6.61 Å². The second kappa shape index (κ2) is 10.7. The van der Waals surface area contributed by atoms with Gasteiger partial charge in [-0.1, -0.05) is 18.2 Å². The SMILES string of the molecule is FC(F)Oc1ccccc1CN=C(NCCc1ccco1)NCC1CCCO1. The van der Waals surface area contributed by atoms with Crippen molar-refractivity contribution in [1.82, 2.24) is 10.6 Å². The van der Waals surface area contributed by atoms with Crippen LogP contribution < -0.4 is 15.4 Å². The number of ether oxygens (including phenoxy) is 2. The Balaban J connectivity index is 1.60. The number of alkyl halides is 2. The summed E-state index contributed by atoms with van der Waals surface area (Å²) >= 11 is 0. The minimum atomic E-state index is -2.87. The number of hydrogen-bond donors (Lipinski definition) is 2. The van der Waals surface area contributed by atoms with E-state index in [1.807, 2.05) is 12.1 Å². The molecule has 152 valence electrons. The highest BCUT2D eigenvalue weighted by Crippen LogP contribution is 2.21. The van der Waals surface area contributed by atoms with E-state index in [1.165, 1.54) is 6.07 Å². The molecule has 1 aliphatic rings. The van der Waals surface area contributed by atoms with Crippen LogP contribution in [0.5, 0.6) is 5.75 Å². The molecule has 0 saturated carbocycles. The zero-order valence-corrected chi connectivity index (χ0v) is 15.6. The molecule has 0 radical (unpaired) electrons. The molecule has 28 heavy (non-hydrogen) atoms. The number of benzene rings is 1. The molecule has 3 rings (SSSR count). The molecule has 1 saturated heterocycles. The fraction of sp³-hybridized carbons (Fsp3) is 0.450. The molecule has 1 aromatic carbocycles. The van der Waals surface area contributed by atoms with Gasteiger partial charge in [-0.25, -0.2) is 4.99 Å². The van der Waals surface area contributed by atoms with Gasteiger partial charge in [-0.3, -0.25) is 0 Å². The number of halogens is 2. The summed E-state index contributed by atoms with van der Waals surface area (Å²) in [5, 5.41) is 6.51. The quantitative estimate of drug-likeness (QED) is 0.505. The molecule has 1 aliphatic heterocycles. The molecular weight excluding hydrogens is 368 g/mol. The molecule has 2 heterocycles. The molecule has 1 fully saturated rings. The Bertz CT molecular complexity index is 732. The molecule has 1 aromatic heterocycles. The molecule has 0 aliphatic carbocycles. The van der Waals surface area contributed by atoms with Gasteiger partial charge in [0.05, 0.1) is 18.9 Å². The average molecular weight is 393 g/mol. The Kier molecular flexibility index (Phi) is 7.66. The highest BCUT2D eigenvalue weighted by atomic mass is 19.3. The Labute approximate surface area is 162 Å².